The van der Waals surface area contributed by atoms with Crippen LogP contribution in [0.1, 0.15) is 41.0 Å². The van der Waals surface area contributed by atoms with Gasteiger partial charge in [0.05, 0.1) is 4.99 Å². The maximum absolute atomic E-state index is 11.5. The molecule has 0 bridgehead atoms. The van der Waals surface area contributed by atoms with Gasteiger partial charge >= 0.3 is 6.09 Å². The van der Waals surface area contributed by atoms with Crippen LogP contribution in [0.3, 0.4) is 0 Å². The van der Waals surface area contributed by atoms with Crippen molar-refractivity contribution in [3.8, 4) is 0 Å². The number of nitrogens with one attached hydrogen (secondary N) is 1. The van der Waals surface area contributed by atoms with Gasteiger partial charge in [-0.05, 0) is 33.1 Å². The van der Waals surface area contributed by atoms with Gasteiger partial charge in [-0.25, -0.2) is 4.79 Å². The average molecular weight is 260 g/mol. The molecule has 0 aromatic carbocycles. The minimum absolute atomic E-state index is 0.0255. The van der Waals surface area contributed by atoms with E-state index in [0.29, 0.717) is 17.5 Å². The zero-order chi connectivity index (χ0) is 13.6. The lowest BCUT2D eigenvalue weighted by molar-refractivity contribution is 0.0522. The Morgan fingerprint density at radius 1 is 1.41 bits per heavy atom. The Labute approximate surface area is 109 Å². The van der Waals surface area contributed by atoms with Gasteiger partial charge in [0.25, 0.3) is 0 Å². The molecule has 1 atom stereocenters. The normalized spacial score (nSPS) is 13.3. The first-order valence-electron chi connectivity index (χ1n) is 5.88. The number of alkyl carbamates (subject to hydrolysis) is 1. The van der Waals surface area contributed by atoms with Crippen molar-refractivity contribution in [2.75, 3.05) is 6.54 Å². The third-order valence-corrected chi connectivity index (χ3v) is 2.38. The molecule has 1 unspecified atom stereocenters. The van der Waals surface area contributed by atoms with Crippen LogP contribution < -0.4 is 11.1 Å². The number of hydrogen-bond acceptors (Lipinski definition) is 3. The molecule has 1 amide bonds. The first-order valence-corrected chi connectivity index (χ1v) is 6.29. The summed E-state index contributed by atoms with van der Waals surface area (Å²) in [6, 6.07) is 0. The van der Waals surface area contributed by atoms with Gasteiger partial charge in [0.1, 0.15) is 5.60 Å². The molecule has 17 heavy (non-hydrogen) atoms. The highest BCUT2D eigenvalue weighted by molar-refractivity contribution is 7.80. The monoisotopic (exact) mass is 260 g/mol. The molecule has 0 saturated heterocycles. The predicted molar refractivity (Wildman–Crippen MR) is 74.0 cm³/mol. The maximum Gasteiger partial charge on any atom is 0.407 e. The lowest BCUT2D eigenvalue weighted by atomic mass is 9.97. The summed E-state index contributed by atoms with van der Waals surface area (Å²) in [5.74, 6) is 0.513. The Morgan fingerprint density at radius 3 is 2.29 bits per heavy atom. The molecule has 0 heterocycles. The van der Waals surface area contributed by atoms with Crippen LogP contribution in [0.5, 0.6) is 0 Å². The van der Waals surface area contributed by atoms with Crippen molar-refractivity contribution in [2.24, 2.45) is 17.6 Å². The third-order valence-electron chi connectivity index (χ3n) is 2.05. The third kappa shape index (κ3) is 8.92. The molecule has 3 N–H and O–H groups in total. The first kappa shape index (κ1) is 16.2. The van der Waals surface area contributed by atoms with Gasteiger partial charge in [0, 0.05) is 12.5 Å². The van der Waals surface area contributed by atoms with E-state index in [4.69, 9.17) is 22.7 Å². The zero-order valence-corrected chi connectivity index (χ0v) is 12.2. The molecule has 5 heteroatoms. The molecule has 0 aliphatic heterocycles. The van der Waals surface area contributed by atoms with Gasteiger partial charge in [0.2, 0.25) is 0 Å². The predicted octanol–water partition coefficient (Wildman–Crippen LogP) is 2.46. The number of rotatable bonds is 5. The van der Waals surface area contributed by atoms with Crippen molar-refractivity contribution < 1.29 is 9.53 Å². The molecular formula is C12H24N2O2S. The SMILES string of the molecule is CC(C)CC(CNC(=O)OC(C)(C)C)C(N)=S. The number of amides is 1. The van der Waals surface area contributed by atoms with Crippen molar-refractivity contribution in [2.45, 2.75) is 46.6 Å². The summed E-state index contributed by atoms with van der Waals surface area (Å²) >= 11 is 4.98. The summed E-state index contributed by atoms with van der Waals surface area (Å²) in [5.41, 5.74) is 5.15. The summed E-state index contributed by atoms with van der Waals surface area (Å²) in [5, 5.41) is 2.70. The Balaban J connectivity index is 4.13. The van der Waals surface area contributed by atoms with E-state index in [0.717, 1.165) is 6.42 Å². The summed E-state index contributed by atoms with van der Waals surface area (Å²) in [6.45, 7) is 10.1. The summed E-state index contributed by atoms with van der Waals surface area (Å²) in [7, 11) is 0. The number of nitrogens with two attached hydrogens (primary N) is 1. The van der Waals surface area contributed by atoms with Crippen molar-refractivity contribution in [1.82, 2.24) is 5.32 Å². The second kappa shape index (κ2) is 6.79. The molecule has 0 aliphatic rings. The van der Waals surface area contributed by atoms with Crippen LogP contribution in [0.4, 0.5) is 4.79 Å². The van der Waals surface area contributed by atoms with Crippen LogP contribution in [0, 0.1) is 11.8 Å². The molecule has 0 fully saturated rings. The van der Waals surface area contributed by atoms with Crippen LogP contribution in [0.25, 0.3) is 0 Å². The van der Waals surface area contributed by atoms with E-state index in [-0.39, 0.29) is 5.92 Å². The highest BCUT2D eigenvalue weighted by atomic mass is 32.1. The van der Waals surface area contributed by atoms with Crippen molar-refractivity contribution in [3.05, 3.63) is 0 Å². The van der Waals surface area contributed by atoms with E-state index in [9.17, 15) is 4.79 Å². The quantitative estimate of drug-likeness (QED) is 0.745. The average Bonchev–Trinajstić information content (AvgIpc) is 2.08. The lowest BCUT2D eigenvalue weighted by Gasteiger charge is -2.22. The summed E-state index contributed by atoms with van der Waals surface area (Å²) in [4.78, 5) is 11.9. The fraction of sp³-hybridized carbons (Fsp3) is 0.833. The van der Waals surface area contributed by atoms with Gasteiger partial charge in [-0.2, -0.15) is 0 Å². The van der Waals surface area contributed by atoms with Gasteiger partial charge in [-0.1, -0.05) is 26.1 Å². The molecular weight excluding hydrogens is 236 g/mol. The highest BCUT2D eigenvalue weighted by Crippen LogP contribution is 2.12. The van der Waals surface area contributed by atoms with Gasteiger partial charge < -0.3 is 15.8 Å². The second-order valence-corrected chi connectivity index (χ2v) is 6.08. The number of thiocarbonyl (C=S) groups is 1. The zero-order valence-electron chi connectivity index (χ0n) is 11.4. The molecule has 0 radical (unpaired) electrons. The fourth-order valence-electron chi connectivity index (χ4n) is 1.39. The van der Waals surface area contributed by atoms with E-state index in [1.54, 1.807) is 0 Å². The summed E-state index contributed by atoms with van der Waals surface area (Å²) in [6.07, 6.45) is 0.438. The van der Waals surface area contributed by atoms with E-state index < -0.39 is 11.7 Å². The Kier molecular flexibility index (Phi) is 6.45. The highest BCUT2D eigenvalue weighted by Gasteiger charge is 2.19. The number of carbonyl (C=O) groups excluding carboxylic acids is 1. The smallest absolute Gasteiger partial charge is 0.407 e. The maximum atomic E-state index is 11.5. The van der Waals surface area contributed by atoms with E-state index in [1.807, 2.05) is 20.8 Å². The van der Waals surface area contributed by atoms with Crippen LogP contribution in [-0.4, -0.2) is 23.2 Å². The number of ether oxygens (including phenoxy) is 1. The van der Waals surface area contributed by atoms with Crippen molar-refractivity contribution >= 4 is 23.3 Å². The van der Waals surface area contributed by atoms with Crippen LogP contribution in [-0.2, 0) is 4.74 Å². The van der Waals surface area contributed by atoms with Gasteiger partial charge in [0.15, 0.2) is 0 Å². The van der Waals surface area contributed by atoms with E-state index in [1.165, 1.54) is 0 Å². The topological polar surface area (TPSA) is 64.3 Å². The largest absolute Gasteiger partial charge is 0.444 e. The van der Waals surface area contributed by atoms with Crippen molar-refractivity contribution in [1.29, 1.82) is 0 Å². The minimum Gasteiger partial charge on any atom is -0.444 e. The van der Waals surface area contributed by atoms with Crippen LogP contribution in [0.15, 0.2) is 0 Å². The van der Waals surface area contributed by atoms with Crippen molar-refractivity contribution in [3.63, 3.8) is 0 Å². The molecule has 0 saturated carbocycles. The molecule has 0 aliphatic carbocycles. The fourth-order valence-corrected chi connectivity index (χ4v) is 1.57. The van der Waals surface area contributed by atoms with Gasteiger partial charge in [-0.3, -0.25) is 0 Å². The number of carbonyl (C=O) groups is 1. The van der Waals surface area contributed by atoms with Gasteiger partial charge in [-0.15, -0.1) is 0 Å². The molecule has 0 spiro atoms. The molecule has 0 aromatic heterocycles. The Hall–Kier alpha value is -0.840. The lowest BCUT2D eigenvalue weighted by Crippen LogP contribution is -2.38. The second-order valence-electron chi connectivity index (χ2n) is 5.61. The molecule has 4 nitrogen and oxygen atoms in total. The molecule has 0 rings (SSSR count). The standard InChI is InChI=1S/C12H24N2O2S/c1-8(2)6-9(10(13)17)7-14-11(15)16-12(3,4)5/h8-9H,6-7H2,1-5H3,(H2,13,17)(H,14,15). The Morgan fingerprint density at radius 2 is 1.94 bits per heavy atom. The minimum atomic E-state index is -0.485. The molecule has 100 valence electrons. The molecule has 0 aromatic rings. The van der Waals surface area contributed by atoms with Crippen LogP contribution >= 0.6 is 12.2 Å². The first-order chi connectivity index (χ1) is 7.61. The van der Waals surface area contributed by atoms with E-state index in [2.05, 4.69) is 19.2 Å². The summed E-state index contributed by atoms with van der Waals surface area (Å²) < 4.78 is 5.14. The number of hydrogen-bond donors (Lipinski definition) is 2. The Bertz CT molecular complexity index is 272. The van der Waals surface area contributed by atoms with Crippen LogP contribution in [0.2, 0.25) is 0 Å². The van der Waals surface area contributed by atoms with E-state index >= 15 is 0 Å².